The van der Waals surface area contributed by atoms with Crippen LogP contribution in [0.5, 0.6) is 0 Å². The van der Waals surface area contributed by atoms with Crippen LogP contribution in [0.4, 0.5) is 0 Å². The largest absolute Gasteiger partial charge is 0.379 e. The summed E-state index contributed by atoms with van der Waals surface area (Å²) in [5.74, 6) is -0.367. The Labute approximate surface area is 268 Å². The normalized spacial score (nSPS) is 22.2. The molecule has 5 rings (SSSR count). The van der Waals surface area contributed by atoms with Crippen LogP contribution in [0.2, 0.25) is 0 Å². The number of epoxide rings is 1. The molecule has 0 spiro atoms. The number of rotatable bonds is 5. The number of methoxy groups -OCH3 is 1. The van der Waals surface area contributed by atoms with E-state index < -0.39 is 11.3 Å². The molecule has 3 aliphatic rings. The summed E-state index contributed by atoms with van der Waals surface area (Å²) in [4.78, 5) is 15.1. The van der Waals surface area contributed by atoms with Crippen LogP contribution in [-0.2, 0) is 30.8 Å². The minimum atomic E-state index is -0.552. The Kier molecular flexibility index (Phi) is 12.0. The van der Waals surface area contributed by atoms with Gasteiger partial charge in [-0.05, 0) is 75.6 Å². The van der Waals surface area contributed by atoms with E-state index in [1.54, 1.807) is 7.11 Å². The third kappa shape index (κ3) is 9.01. The lowest BCUT2D eigenvalue weighted by atomic mass is 9.85. The number of morpholine rings is 1. The van der Waals surface area contributed by atoms with Crippen LogP contribution in [0.1, 0.15) is 116 Å². The van der Waals surface area contributed by atoms with Crippen molar-refractivity contribution in [2.24, 2.45) is 0 Å². The third-order valence-electron chi connectivity index (χ3n) is 9.15. The van der Waals surface area contributed by atoms with Crippen LogP contribution < -0.4 is 5.32 Å². The molecule has 0 saturated carbocycles. The fourth-order valence-corrected chi connectivity index (χ4v) is 5.88. The Morgan fingerprint density at radius 3 is 1.57 bits per heavy atom. The summed E-state index contributed by atoms with van der Waals surface area (Å²) in [6.07, 6.45) is 4.22. The first kappa shape index (κ1) is 36.4. The molecule has 6 nitrogen and oxygen atoms in total. The second-order valence-electron chi connectivity index (χ2n) is 15.4. The summed E-state index contributed by atoms with van der Waals surface area (Å²) in [7, 11) is 1.70. The average Bonchev–Trinajstić information content (AvgIpc) is 3.59. The highest BCUT2D eigenvalue weighted by molar-refractivity contribution is 6.02. The SMILES string of the molecule is C1CCNCC1.CC(C)(C)c1ccc(C(=O)C(C)(C)N2CCOCC2)cc1.COC1(c2ccc(C(C)(C)C)cc2)OC1(C)C. The van der Waals surface area contributed by atoms with Gasteiger partial charge in [-0.1, -0.05) is 96.5 Å². The van der Waals surface area contributed by atoms with Gasteiger partial charge < -0.3 is 19.5 Å². The molecular formula is C38H60N2O4. The summed E-state index contributed by atoms with van der Waals surface area (Å²) in [6, 6.07) is 16.6. The lowest BCUT2D eigenvalue weighted by molar-refractivity contribution is -0.0148. The van der Waals surface area contributed by atoms with E-state index in [9.17, 15) is 4.79 Å². The lowest BCUT2D eigenvalue weighted by Crippen LogP contribution is -2.54. The molecule has 0 amide bonds. The molecule has 3 saturated heterocycles. The maximum absolute atomic E-state index is 12.8. The third-order valence-corrected chi connectivity index (χ3v) is 9.15. The van der Waals surface area contributed by atoms with E-state index in [0.29, 0.717) is 13.2 Å². The molecule has 0 aromatic heterocycles. The van der Waals surface area contributed by atoms with Gasteiger partial charge in [-0.25, -0.2) is 0 Å². The summed E-state index contributed by atoms with van der Waals surface area (Å²) in [5, 5.41) is 3.28. The molecule has 1 N–H and O–H groups in total. The van der Waals surface area contributed by atoms with E-state index >= 15 is 0 Å². The molecule has 44 heavy (non-hydrogen) atoms. The maximum Gasteiger partial charge on any atom is 0.225 e. The molecule has 0 radical (unpaired) electrons. The smallest absolute Gasteiger partial charge is 0.225 e. The van der Waals surface area contributed by atoms with Gasteiger partial charge in [0, 0.05) is 31.3 Å². The zero-order valence-electron chi connectivity index (χ0n) is 29.6. The molecule has 0 aliphatic carbocycles. The molecule has 2 aromatic rings. The quantitative estimate of drug-likeness (QED) is 0.278. The molecule has 3 fully saturated rings. The van der Waals surface area contributed by atoms with E-state index in [1.807, 2.05) is 39.8 Å². The summed E-state index contributed by atoms with van der Waals surface area (Å²) in [6.45, 7) is 26.9. The van der Waals surface area contributed by atoms with Crippen molar-refractivity contribution in [3.05, 3.63) is 70.8 Å². The van der Waals surface area contributed by atoms with Crippen molar-refractivity contribution in [1.29, 1.82) is 0 Å². The molecule has 3 aliphatic heterocycles. The number of carbonyl (C=O) groups excluding carboxylic acids is 1. The van der Waals surface area contributed by atoms with Gasteiger partial charge in [0.25, 0.3) is 0 Å². The number of nitrogens with one attached hydrogen (secondary N) is 1. The highest BCUT2D eigenvalue weighted by Gasteiger charge is 2.66. The van der Waals surface area contributed by atoms with Crippen molar-refractivity contribution >= 4 is 5.78 Å². The van der Waals surface area contributed by atoms with E-state index in [-0.39, 0.29) is 22.2 Å². The first-order chi connectivity index (χ1) is 20.5. The second kappa shape index (κ2) is 14.6. The molecule has 3 heterocycles. The van der Waals surface area contributed by atoms with Crippen LogP contribution in [-0.4, -0.2) is 68.3 Å². The van der Waals surface area contributed by atoms with Crippen molar-refractivity contribution in [3.8, 4) is 0 Å². The molecular weight excluding hydrogens is 548 g/mol. The standard InChI is InChI=1S/C18H27NO2.C15H22O2.C5H11N/c1-17(2,3)15-8-6-14(7-9-15)16(20)18(4,5)19-10-12-21-13-11-19;1-13(2,3)11-7-9-12(10-8-11)15(16-6)14(4,5)17-15;1-2-4-6-5-3-1/h6-9H,10-13H2,1-5H3;7-10H,1-6H3;6H,1-5H2. The molecule has 246 valence electrons. The second-order valence-corrected chi connectivity index (χ2v) is 15.4. The van der Waals surface area contributed by atoms with Gasteiger partial charge in [-0.15, -0.1) is 0 Å². The predicted octanol–water partition coefficient (Wildman–Crippen LogP) is 7.63. The first-order valence-corrected chi connectivity index (χ1v) is 16.5. The summed E-state index contributed by atoms with van der Waals surface area (Å²) >= 11 is 0. The fourth-order valence-electron chi connectivity index (χ4n) is 5.88. The number of piperidine rings is 1. The molecule has 6 heteroatoms. The zero-order chi connectivity index (χ0) is 32.8. The van der Waals surface area contributed by atoms with Gasteiger partial charge in [-0.2, -0.15) is 0 Å². The Morgan fingerprint density at radius 1 is 0.773 bits per heavy atom. The van der Waals surface area contributed by atoms with Crippen molar-refractivity contribution < 1.29 is 19.0 Å². The Balaban J connectivity index is 0.000000205. The maximum atomic E-state index is 12.8. The predicted molar refractivity (Wildman–Crippen MR) is 182 cm³/mol. The van der Waals surface area contributed by atoms with Crippen LogP contribution in [0.3, 0.4) is 0 Å². The van der Waals surface area contributed by atoms with E-state index in [2.05, 4.69) is 88.2 Å². The van der Waals surface area contributed by atoms with Gasteiger partial charge in [0.1, 0.15) is 5.60 Å². The molecule has 1 unspecified atom stereocenters. The number of ether oxygens (including phenoxy) is 3. The van der Waals surface area contributed by atoms with E-state index in [4.69, 9.17) is 14.2 Å². The first-order valence-electron chi connectivity index (χ1n) is 16.5. The molecule has 1 atom stereocenters. The van der Waals surface area contributed by atoms with Crippen molar-refractivity contribution in [3.63, 3.8) is 0 Å². The van der Waals surface area contributed by atoms with Gasteiger partial charge in [0.05, 0.1) is 18.8 Å². The number of nitrogens with zero attached hydrogens (tertiary/aromatic N) is 1. The highest BCUT2D eigenvalue weighted by atomic mass is 16.8. The number of carbonyl (C=O) groups is 1. The Morgan fingerprint density at radius 2 is 1.23 bits per heavy atom. The molecule has 0 bridgehead atoms. The minimum absolute atomic E-state index is 0.112. The Hall–Kier alpha value is -2.09. The summed E-state index contributed by atoms with van der Waals surface area (Å²) in [5.41, 5.74) is 4.05. The van der Waals surface area contributed by atoms with Crippen LogP contribution in [0.25, 0.3) is 0 Å². The monoisotopic (exact) mass is 608 g/mol. The fraction of sp³-hybridized carbons (Fsp3) is 0.658. The molecule has 2 aromatic carbocycles. The van der Waals surface area contributed by atoms with Crippen LogP contribution >= 0.6 is 0 Å². The highest BCUT2D eigenvalue weighted by Crippen LogP contribution is 2.55. The van der Waals surface area contributed by atoms with Crippen LogP contribution in [0, 0.1) is 0 Å². The van der Waals surface area contributed by atoms with Crippen molar-refractivity contribution in [2.45, 2.75) is 116 Å². The number of ketones is 1. The zero-order valence-corrected chi connectivity index (χ0v) is 29.6. The minimum Gasteiger partial charge on any atom is -0.379 e. The number of hydrogen-bond acceptors (Lipinski definition) is 6. The number of benzene rings is 2. The van der Waals surface area contributed by atoms with Crippen molar-refractivity contribution in [2.75, 3.05) is 46.5 Å². The van der Waals surface area contributed by atoms with Gasteiger partial charge in [-0.3, -0.25) is 9.69 Å². The van der Waals surface area contributed by atoms with E-state index in [1.165, 1.54) is 43.5 Å². The topological polar surface area (TPSA) is 63.3 Å². The van der Waals surface area contributed by atoms with Crippen molar-refractivity contribution in [1.82, 2.24) is 10.2 Å². The van der Waals surface area contributed by atoms with E-state index in [0.717, 1.165) is 24.2 Å². The average molecular weight is 609 g/mol. The summed E-state index contributed by atoms with van der Waals surface area (Å²) < 4.78 is 16.7. The van der Waals surface area contributed by atoms with Gasteiger partial charge >= 0.3 is 0 Å². The lowest BCUT2D eigenvalue weighted by Gasteiger charge is -2.39. The van der Waals surface area contributed by atoms with Crippen LogP contribution in [0.15, 0.2) is 48.5 Å². The van der Waals surface area contributed by atoms with Gasteiger partial charge in [0.2, 0.25) is 5.79 Å². The van der Waals surface area contributed by atoms with Gasteiger partial charge in [0.15, 0.2) is 5.78 Å². The Bertz CT molecular complexity index is 1170. The number of Topliss-reactive ketones (excluding diaryl/α,β-unsaturated/α-hetero) is 1. The number of hydrogen-bond donors (Lipinski definition) is 1.